The van der Waals surface area contributed by atoms with Crippen molar-refractivity contribution in [1.82, 2.24) is 5.32 Å². The predicted octanol–water partition coefficient (Wildman–Crippen LogP) is 3.35. The molecule has 1 atom stereocenters. The van der Waals surface area contributed by atoms with Crippen molar-refractivity contribution in [2.75, 3.05) is 18.5 Å². The fourth-order valence-corrected chi connectivity index (χ4v) is 2.69. The minimum Gasteiger partial charge on any atom is -0.491 e. The molecule has 0 aliphatic rings. The highest BCUT2D eigenvalue weighted by atomic mass is 35.5. The molecule has 0 unspecified atom stereocenters. The summed E-state index contributed by atoms with van der Waals surface area (Å²) in [7, 11) is 0. The molecule has 0 aromatic heterocycles. The first-order valence-electron chi connectivity index (χ1n) is 8.92. The van der Waals surface area contributed by atoms with Crippen molar-refractivity contribution in [2.24, 2.45) is 11.7 Å². The molecule has 6 nitrogen and oxygen atoms in total. The number of anilines is 1. The summed E-state index contributed by atoms with van der Waals surface area (Å²) in [6, 6.07) is 6.58. The highest BCUT2D eigenvalue weighted by Gasteiger charge is 2.26. The second-order valence-electron chi connectivity index (χ2n) is 6.59. The van der Waals surface area contributed by atoms with Gasteiger partial charge < -0.3 is 21.1 Å². The summed E-state index contributed by atoms with van der Waals surface area (Å²) in [6.07, 6.45) is 0. The number of hydrogen-bond donors (Lipinski definition) is 3. The van der Waals surface area contributed by atoms with Gasteiger partial charge in [-0.2, -0.15) is 0 Å². The number of amides is 2. The normalized spacial score (nSPS) is 11.8. The molecule has 4 N–H and O–H groups in total. The number of benzene rings is 2. The van der Waals surface area contributed by atoms with Crippen molar-refractivity contribution >= 4 is 29.1 Å². The van der Waals surface area contributed by atoms with Crippen molar-refractivity contribution in [1.29, 1.82) is 0 Å². The van der Waals surface area contributed by atoms with Crippen LogP contribution in [0.15, 0.2) is 36.4 Å². The first kappa shape index (κ1) is 22.6. The molecule has 0 spiro atoms. The fourth-order valence-electron chi connectivity index (χ4n) is 2.52. The summed E-state index contributed by atoms with van der Waals surface area (Å²) < 4.78 is 31.9. The lowest BCUT2D eigenvalue weighted by Crippen LogP contribution is -2.47. The zero-order valence-electron chi connectivity index (χ0n) is 16.0. The zero-order chi connectivity index (χ0) is 21.6. The Bertz CT molecular complexity index is 893. The summed E-state index contributed by atoms with van der Waals surface area (Å²) >= 11 is 5.99. The second-order valence-corrected chi connectivity index (χ2v) is 7.03. The maximum atomic E-state index is 13.4. The minimum atomic E-state index is -1.09. The molecule has 0 bridgehead atoms. The summed E-state index contributed by atoms with van der Waals surface area (Å²) in [5, 5.41) is 5.43. The Hall–Kier alpha value is -2.71. The van der Waals surface area contributed by atoms with Crippen molar-refractivity contribution in [3.63, 3.8) is 0 Å². The third-order valence-electron chi connectivity index (χ3n) is 3.98. The van der Waals surface area contributed by atoms with E-state index in [1.807, 2.05) is 0 Å². The minimum absolute atomic E-state index is 0.0727. The van der Waals surface area contributed by atoms with E-state index < -0.39 is 29.5 Å². The van der Waals surface area contributed by atoms with Gasteiger partial charge in [0, 0.05) is 23.3 Å². The van der Waals surface area contributed by atoms with Gasteiger partial charge in [0.2, 0.25) is 5.91 Å². The summed E-state index contributed by atoms with van der Waals surface area (Å²) in [5.74, 6) is -3.28. The van der Waals surface area contributed by atoms with Crippen LogP contribution in [0, 0.1) is 17.6 Å². The average molecular weight is 426 g/mol. The molecule has 9 heteroatoms. The lowest BCUT2D eigenvalue weighted by molar-refractivity contribution is -0.118. The van der Waals surface area contributed by atoms with Crippen LogP contribution in [-0.4, -0.2) is 31.0 Å². The van der Waals surface area contributed by atoms with Crippen molar-refractivity contribution in [3.05, 3.63) is 58.6 Å². The number of nitrogens with one attached hydrogen (secondary N) is 2. The number of carbonyl (C=O) groups is 2. The number of nitrogens with two attached hydrogens (primary N) is 1. The highest BCUT2D eigenvalue weighted by molar-refractivity contribution is 6.31. The van der Waals surface area contributed by atoms with Crippen molar-refractivity contribution in [3.8, 4) is 5.75 Å². The maximum Gasteiger partial charge on any atom is 0.255 e. The molecule has 2 aromatic rings. The molecule has 2 aromatic carbocycles. The van der Waals surface area contributed by atoms with E-state index in [1.165, 1.54) is 12.1 Å². The Balaban J connectivity index is 2.19. The first-order chi connectivity index (χ1) is 13.7. The van der Waals surface area contributed by atoms with E-state index in [1.54, 1.807) is 26.0 Å². The molecule has 29 heavy (non-hydrogen) atoms. The molecular weight excluding hydrogens is 404 g/mol. The first-order valence-corrected chi connectivity index (χ1v) is 9.30. The van der Waals surface area contributed by atoms with Crippen LogP contribution in [0.2, 0.25) is 5.02 Å². The average Bonchev–Trinajstić information content (AvgIpc) is 2.67. The van der Waals surface area contributed by atoms with E-state index >= 15 is 0 Å². The van der Waals surface area contributed by atoms with Gasteiger partial charge in [-0.1, -0.05) is 25.4 Å². The van der Waals surface area contributed by atoms with Gasteiger partial charge in [0.1, 0.15) is 18.4 Å². The van der Waals surface area contributed by atoms with Gasteiger partial charge in [-0.25, -0.2) is 8.78 Å². The van der Waals surface area contributed by atoms with E-state index in [2.05, 4.69) is 10.6 Å². The SMILES string of the molecule is CC(C)[C@H](NC(=O)c1cc(Cl)ccc1OCCN)C(=O)Nc1ccc(F)c(F)c1. The van der Waals surface area contributed by atoms with Crippen LogP contribution in [0.1, 0.15) is 24.2 Å². The largest absolute Gasteiger partial charge is 0.491 e. The third-order valence-corrected chi connectivity index (χ3v) is 4.22. The second kappa shape index (κ2) is 10.2. The van der Waals surface area contributed by atoms with Gasteiger partial charge in [-0.15, -0.1) is 0 Å². The topological polar surface area (TPSA) is 93.4 Å². The molecule has 0 heterocycles. The molecule has 0 fully saturated rings. The highest BCUT2D eigenvalue weighted by Crippen LogP contribution is 2.23. The molecular formula is C20H22ClF2N3O3. The van der Waals surface area contributed by atoms with E-state index in [-0.39, 0.29) is 36.1 Å². The monoisotopic (exact) mass is 425 g/mol. The van der Waals surface area contributed by atoms with E-state index in [0.29, 0.717) is 5.02 Å². The molecule has 0 radical (unpaired) electrons. The lowest BCUT2D eigenvalue weighted by atomic mass is 10.0. The Morgan fingerprint density at radius 2 is 1.86 bits per heavy atom. The predicted molar refractivity (Wildman–Crippen MR) is 107 cm³/mol. The van der Waals surface area contributed by atoms with Crippen LogP contribution in [-0.2, 0) is 4.79 Å². The van der Waals surface area contributed by atoms with Crippen LogP contribution >= 0.6 is 11.6 Å². The zero-order valence-corrected chi connectivity index (χ0v) is 16.7. The third kappa shape index (κ3) is 6.13. The van der Waals surface area contributed by atoms with Crippen LogP contribution in [0.25, 0.3) is 0 Å². The lowest BCUT2D eigenvalue weighted by Gasteiger charge is -2.22. The molecule has 0 aliphatic heterocycles. The van der Waals surface area contributed by atoms with Crippen LogP contribution in [0.5, 0.6) is 5.75 Å². The number of halogens is 3. The fraction of sp³-hybridized carbons (Fsp3) is 0.300. The maximum absolute atomic E-state index is 13.4. The Morgan fingerprint density at radius 3 is 2.48 bits per heavy atom. The van der Waals surface area contributed by atoms with Crippen LogP contribution < -0.4 is 21.1 Å². The quantitative estimate of drug-likeness (QED) is 0.604. The smallest absolute Gasteiger partial charge is 0.255 e. The molecule has 2 rings (SSSR count). The van der Waals surface area contributed by atoms with Gasteiger partial charge in [-0.3, -0.25) is 9.59 Å². The van der Waals surface area contributed by atoms with E-state index in [0.717, 1.165) is 12.1 Å². The molecule has 0 aliphatic carbocycles. The molecule has 2 amide bonds. The number of carbonyl (C=O) groups excluding carboxylic acids is 2. The summed E-state index contributed by atoms with van der Waals surface area (Å²) in [6.45, 7) is 3.93. The number of ether oxygens (including phenoxy) is 1. The summed E-state index contributed by atoms with van der Waals surface area (Å²) in [4.78, 5) is 25.4. The molecule has 156 valence electrons. The number of rotatable bonds is 8. The van der Waals surface area contributed by atoms with Gasteiger partial charge in [0.05, 0.1) is 5.56 Å². The molecule has 0 saturated heterocycles. The van der Waals surface area contributed by atoms with Gasteiger partial charge in [-0.05, 0) is 36.2 Å². The van der Waals surface area contributed by atoms with Crippen LogP contribution in [0.3, 0.4) is 0 Å². The van der Waals surface area contributed by atoms with Crippen LogP contribution in [0.4, 0.5) is 14.5 Å². The Labute approximate surface area is 172 Å². The van der Waals surface area contributed by atoms with Gasteiger partial charge in [0.25, 0.3) is 5.91 Å². The summed E-state index contributed by atoms with van der Waals surface area (Å²) in [5.41, 5.74) is 5.65. The van der Waals surface area contributed by atoms with E-state index in [9.17, 15) is 18.4 Å². The van der Waals surface area contributed by atoms with Crippen molar-refractivity contribution in [2.45, 2.75) is 19.9 Å². The Morgan fingerprint density at radius 1 is 1.14 bits per heavy atom. The van der Waals surface area contributed by atoms with Crippen molar-refractivity contribution < 1.29 is 23.1 Å². The van der Waals surface area contributed by atoms with Gasteiger partial charge >= 0.3 is 0 Å². The molecule has 0 saturated carbocycles. The Kier molecular flexibility index (Phi) is 7.92. The number of hydrogen-bond acceptors (Lipinski definition) is 4. The van der Waals surface area contributed by atoms with E-state index in [4.69, 9.17) is 22.1 Å². The van der Waals surface area contributed by atoms with Gasteiger partial charge in [0.15, 0.2) is 11.6 Å². The standard InChI is InChI=1S/C20H22ClF2N3O3/c1-11(2)18(20(28)25-13-4-5-15(22)16(23)10-13)26-19(27)14-9-12(21)3-6-17(14)29-8-7-24/h3-6,9-11,18H,7-8,24H2,1-2H3,(H,25,28)(H,26,27)/t18-/m0/s1.